The lowest BCUT2D eigenvalue weighted by atomic mass is 10.1. The van der Waals surface area contributed by atoms with Crippen molar-refractivity contribution < 1.29 is 14.3 Å². The largest absolute Gasteiger partial charge is 0.422 e. The predicted octanol–water partition coefficient (Wildman–Crippen LogP) is 3.01. The van der Waals surface area contributed by atoms with Crippen LogP contribution in [0, 0.1) is 11.3 Å². The van der Waals surface area contributed by atoms with Gasteiger partial charge in [-0.3, -0.25) is 4.79 Å². The molecule has 0 atom stereocenters. The van der Waals surface area contributed by atoms with E-state index < -0.39 is 5.97 Å². The van der Waals surface area contributed by atoms with E-state index in [1.807, 2.05) is 12.1 Å². The Morgan fingerprint density at radius 1 is 1.05 bits per heavy atom. The number of rotatable bonds is 4. The molecule has 0 fully saturated rings. The summed E-state index contributed by atoms with van der Waals surface area (Å²) < 4.78 is 5.09. The zero-order valence-electron chi connectivity index (χ0n) is 11.0. The van der Waals surface area contributed by atoms with E-state index in [0.717, 1.165) is 5.56 Å². The molecule has 0 aliphatic rings. The third kappa shape index (κ3) is 3.88. The van der Waals surface area contributed by atoms with Crippen LogP contribution in [0.5, 0.6) is 5.75 Å². The molecule has 0 bridgehead atoms. The molecule has 2 aromatic rings. The van der Waals surface area contributed by atoms with Crippen LogP contribution in [0.15, 0.2) is 60.2 Å². The average molecular weight is 277 g/mol. The predicted molar refractivity (Wildman–Crippen MR) is 77.5 cm³/mol. The van der Waals surface area contributed by atoms with E-state index in [0.29, 0.717) is 11.8 Å². The van der Waals surface area contributed by atoms with Gasteiger partial charge in [0.25, 0.3) is 0 Å². The van der Waals surface area contributed by atoms with E-state index in [-0.39, 0.29) is 11.3 Å². The Labute approximate surface area is 121 Å². The molecular formula is C17H11NO3. The second-order valence-corrected chi connectivity index (χ2v) is 4.16. The van der Waals surface area contributed by atoms with Gasteiger partial charge in [-0.15, -0.1) is 0 Å². The third-order valence-electron chi connectivity index (χ3n) is 2.66. The summed E-state index contributed by atoms with van der Waals surface area (Å²) in [5.74, 6) is -0.539. The molecule has 0 spiro atoms. The summed E-state index contributed by atoms with van der Waals surface area (Å²) in [6.45, 7) is 0. The van der Waals surface area contributed by atoms with Crippen LogP contribution >= 0.6 is 0 Å². The van der Waals surface area contributed by atoms with Crippen molar-refractivity contribution in [2.75, 3.05) is 0 Å². The highest BCUT2D eigenvalue weighted by molar-refractivity contribution is 5.99. The van der Waals surface area contributed by atoms with Gasteiger partial charge in [-0.2, -0.15) is 5.26 Å². The first-order chi connectivity index (χ1) is 10.2. The van der Waals surface area contributed by atoms with Gasteiger partial charge in [-0.1, -0.05) is 42.5 Å². The first-order valence-electron chi connectivity index (χ1n) is 6.17. The van der Waals surface area contributed by atoms with Gasteiger partial charge in [0.05, 0.1) is 0 Å². The van der Waals surface area contributed by atoms with Crippen molar-refractivity contribution in [3.05, 3.63) is 71.3 Å². The lowest BCUT2D eigenvalue weighted by Crippen LogP contribution is -2.10. The Hall–Kier alpha value is -3.19. The van der Waals surface area contributed by atoms with E-state index in [2.05, 4.69) is 0 Å². The van der Waals surface area contributed by atoms with Crippen LogP contribution in [0.2, 0.25) is 0 Å². The second-order valence-electron chi connectivity index (χ2n) is 4.16. The summed E-state index contributed by atoms with van der Waals surface area (Å²) in [5, 5.41) is 9.06. The lowest BCUT2D eigenvalue weighted by Gasteiger charge is -2.03. The van der Waals surface area contributed by atoms with E-state index in [1.165, 1.54) is 12.1 Å². The van der Waals surface area contributed by atoms with Crippen molar-refractivity contribution in [3.63, 3.8) is 0 Å². The molecule has 0 saturated carbocycles. The minimum Gasteiger partial charge on any atom is -0.422 e. The molecule has 4 nitrogen and oxygen atoms in total. The summed E-state index contributed by atoms with van der Waals surface area (Å²) in [6.07, 6.45) is 2.11. The van der Waals surface area contributed by atoms with Gasteiger partial charge in [0, 0.05) is 5.56 Å². The maximum absolute atomic E-state index is 11.9. The maximum atomic E-state index is 11.9. The third-order valence-corrected chi connectivity index (χ3v) is 2.66. The van der Waals surface area contributed by atoms with Gasteiger partial charge in [0.15, 0.2) is 0 Å². The highest BCUT2D eigenvalue weighted by Gasteiger charge is 2.12. The first-order valence-corrected chi connectivity index (χ1v) is 6.17. The molecule has 0 radical (unpaired) electrons. The van der Waals surface area contributed by atoms with Crippen LogP contribution < -0.4 is 4.74 Å². The highest BCUT2D eigenvalue weighted by atomic mass is 16.5. The Bertz CT molecular complexity index is 727. The van der Waals surface area contributed by atoms with Crippen LogP contribution in [0.1, 0.15) is 15.9 Å². The summed E-state index contributed by atoms with van der Waals surface area (Å²) in [7, 11) is 0. The normalized spacial score (nSPS) is 10.5. The zero-order chi connectivity index (χ0) is 15.1. The summed E-state index contributed by atoms with van der Waals surface area (Å²) in [5.41, 5.74) is 1.01. The minimum absolute atomic E-state index is 0.113. The average Bonchev–Trinajstić information content (AvgIpc) is 2.53. The van der Waals surface area contributed by atoms with Crippen molar-refractivity contribution in [2.45, 2.75) is 0 Å². The molecular weight excluding hydrogens is 266 g/mol. The van der Waals surface area contributed by atoms with Crippen molar-refractivity contribution in [1.82, 2.24) is 0 Å². The molecule has 0 aromatic heterocycles. The molecule has 0 heterocycles. The Morgan fingerprint density at radius 2 is 1.76 bits per heavy atom. The minimum atomic E-state index is -0.760. The highest BCUT2D eigenvalue weighted by Crippen LogP contribution is 2.15. The molecule has 0 N–H and O–H groups in total. The number of carbonyl (C=O) groups is 2. The Kier molecular flexibility index (Phi) is 4.62. The standard InChI is InChI=1S/C17H11NO3/c18-11-15(9-13-5-2-1-3-6-13)17(20)21-16-8-4-7-14(10-16)12-19/h1-10,12H/b15-9+. The van der Waals surface area contributed by atoms with Crippen LogP contribution in [0.4, 0.5) is 0 Å². The summed E-state index contributed by atoms with van der Waals surface area (Å²) in [4.78, 5) is 22.6. The molecule has 0 unspecified atom stereocenters. The molecule has 0 saturated heterocycles. The Morgan fingerprint density at radius 3 is 2.43 bits per heavy atom. The van der Waals surface area contributed by atoms with E-state index in [9.17, 15) is 9.59 Å². The van der Waals surface area contributed by atoms with Crippen LogP contribution in [0.25, 0.3) is 6.08 Å². The zero-order valence-corrected chi connectivity index (χ0v) is 11.0. The quantitative estimate of drug-likeness (QED) is 0.283. The molecule has 0 amide bonds. The van der Waals surface area contributed by atoms with Gasteiger partial charge >= 0.3 is 5.97 Å². The van der Waals surface area contributed by atoms with Crippen molar-refractivity contribution in [3.8, 4) is 11.8 Å². The topological polar surface area (TPSA) is 67.2 Å². The smallest absolute Gasteiger partial charge is 0.354 e. The number of aldehydes is 1. The molecule has 2 rings (SSSR count). The molecule has 102 valence electrons. The van der Waals surface area contributed by atoms with Crippen molar-refractivity contribution in [2.24, 2.45) is 0 Å². The molecule has 0 aliphatic carbocycles. The number of nitriles is 1. The van der Waals surface area contributed by atoms with Gasteiger partial charge in [-0.25, -0.2) is 4.79 Å². The fourth-order valence-corrected chi connectivity index (χ4v) is 1.67. The number of hydrogen-bond acceptors (Lipinski definition) is 4. The number of hydrogen-bond donors (Lipinski definition) is 0. The summed E-state index contributed by atoms with van der Waals surface area (Å²) >= 11 is 0. The molecule has 4 heteroatoms. The molecule has 2 aromatic carbocycles. The lowest BCUT2D eigenvalue weighted by molar-refractivity contribution is -0.129. The monoisotopic (exact) mass is 277 g/mol. The van der Waals surface area contributed by atoms with E-state index >= 15 is 0 Å². The fraction of sp³-hybridized carbons (Fsp3) is 0. The van der Waals surface area contributed by atoms with E-state index in [1.54, 1.807) is 42.5 Å². The van der Waals surface area contributed by atoms with Crippen LogP contribution in [-0.2, 0) is 4.79 Å². The maximum Gasteiger partial charge on any atom is 0.354 e. The Balaban J connectivity index is 2.19. The van der Waals surface area contributed by atoms with Crippen molar-refractivity contribution in [1.29, 1.82) is 5.26 Å². The van der Waals surface area contributed by atoms with Gasteiger partial charge in [-0.05, 0) is 23.8 Å². The molecule has 21 heavy (non-hydrogen) atoms. The fourth-order valence-electron chi connectivity index (χ4n) is 1.67. The van der Waals surface area contributed by atoms with Gasteiger partial charge < -0.3 is 4.74 Å². The number of benzene rings is 2. The number of ether oxygens (including phenoxy) is 1. The number of nitrogens with zero attached hydrogens (tertiary/aromatic N) is 1. The first kappa shape index (κ1) is 14.2. The summed E-state index contributed by atoms with van der Waals surface area (Å²) in [6, 6.07) is 17.0. The second kappa shape index (κ2) is 6.83. The van der Waals surface area contributed by atoms with Gasteiger partial charge in [0.1, 0.15) is 23.7 Å². The van der Waals surface area contributed by atoms with Crippen LogP contribution in [-0.4, -0.2) is 12.3 Å². The number of esters is 1. The van der Waals surface area contributed by atoms with Crippen molar-refractivity contribution >= 4 is 18.3 Å². The SMILES string of the molecule is N#C/C(=C\c1ccccc1)C(=O)Oc1cccc(C=O)c1. The molecule has 0 aliphatic heterocycles. The van der Waals surface area contributed by atoms with E-state index in [4.69, 9.17) is 10.00 Å². The number of carbonyl (C=O) groups excluding carboxylic acids is 2. The van der Waals surface area contributed by atoms with Crippen LogP contribution in [0.3, 0.4) is 0 Å². The van der Waals surface area contributed by atoms with Gasteiger partial charge in [0.2, 0.25) is 0 Å².